The predicted octanol–water partition coefficient (Wildman–Crippen LogP) is 1.56. The maximum Gasteiger partial charge on any atom is 0.225 e. The lowest BCUT2D eigenvalue weighted by molar-refractivity contribution is -0.116. The molecule has 1 heterocycles. The van der Waals surface area contributed by atoms with Crippen LogP contribution in [0.3, 0.4) is 0 Å². The molecule has 19 heavy (non-hydrogen) atoms. The summed E-state index contributed by atoms with van der Waals surface area (Å²) in [5.74, 6) is 0.0438. The molecule has 0 fully saturated rings. The number of aromatic nitrogens is 1. The first-order chi connectivity index (χ1) is 9.04. The number of carbonyl (C=O) groups excluding carboxylic acids is 1. The van der Waals surface area contributed by atoms with Crippen molar-refractivity contribution in [3.05, 3.63) is 11.1 Å². The molecule has 0 spiro atoms. The van der Waals surface area contributed by atoms with Crippen LogP contribution in [0.2, 0.25) is 0 Å². The third-order valence-corrected chi connectivity index (χ3v) is 3.64. The summed E-state index contributed by atoms with van der Waals surface area (Å²) in [5.41, 5.74) is 1.00. The van der Waals surface area contributed by atoms with Crippen LogP contribution in [0.1, 0.15) is 26.0 Å². The summed E-state index contributed by atoms with van der Waals surface area (Å²) in [4.78, 5) is 19.8. The molecule has 0 aliphatic heterocycles. The van der Waals surface area contributed by atoms with Gasteiger partial charge in [-0.05, 0) is 40.5 Å². The summed E-state index contributed by atoms with van der Waals surface area (Å²) >= 11 is 1.52. The zero-order valence-electron chi connectivity index (χ0n) is 12.3. The fourth-order valence-electron chi connectivity index (χ4n) is 1.73. The highest BCUT2D eigenvalue weighted by Gasteiger charge is 2.12. The van der Waals surface area contributed by atoms with Crippen LogP contribution in [0, 0.1) is 0 Å². The number of rotatable bonds is 8. The number of nitrogens with zero attached hydrogens (tertiary/aromatic N) is 3. The predicted molar refractivity (Wildman–Crippen MR) is 80.7 cm³/mol. The molecule has 108 valence electrons. The first-order valence-corrected chi connectivity index (χ1v) is 7.50. The molecule has 0 atom stereocenters. The minimum atomic E-state index is 0.0438. The fourth-order valence-corrected chi connectivity index (χ4v) is 2.66. The van der Waals surface area contributed by atoms with E-state index < -0.39 is 0 Å². The van der Waals surface area contributed by atoms with E-state index in [1.54, 1.807) is 11.8 Å². The minimum Gasteiger partial charge on any atom is -0.311 e. The van der Waals surface area contributed by atoms with Gasteiger partial charge < -0.3 is 10.2 Å². The highest BCUT2D eigenvalue weighted by atomic mass is 32.1. The van der Waals surface area contributed by atoms with Gasteiger partial charge in [-0.25, -0.2) is 4.98 Å². The molecule has 0 radical (unpaired) electrons. The van der Waals surface area contributed by atoms with Crippen molar-refractivity contribution in [1.29, 1.82) is 0 Å². The van der Waals surface area contributed by atoms with Gasteiger partial charge in [-0.15, -0.1) is 11.3 Å². The quantitative estimate of drug-likeness (QED) is 0.736. The molecule has 0 bridgehead atoms. The number of carbonyl (C=O) groups is 1. The summed E-state index contributed by atoms with van der Waals surface area (Å²) in [6, 6.07) is 0. The number of amides is 1. The molecule has 0 saturated heterocycles. The molecule has 1 rings (SSSR count). The molecule has 0 aromatic carbocycles. The second-order valence-electron chi connectivity index (χ2n) is 4.72. The van der Waals surface area contributed by atoms with E-state index in [2.05, 4.69) is 29.3 Å². The molecule has 0 saturated carbocycles. The van der Waals surface area contributed by atoms with E-state index in [9.17, 15) is 4.79 Å². The zero-order chi connectivity index (χ0) is 14.3. The third kappa shape index (κ3) is 5.67. The van der Waals surface area contributed by atoms with Crippen LogP contribution in [0.5, 0.6) is 0 Å². The number of thiazole rings is 1. The number of hydrogen-bond donors (Lipinski definition) is 1. The number of nitrogens with one attached hydrogen (secondary N) is 1. The van der Waals surface area contributed by atoms with Gasteiger partial charge in [-0.3, -0.25) is 9.69 Å². The SMILES string of the molecule is CCN(C(C)=O)c1nc(CNCCCN(C)C)cs1. The molecule has 1 amide bonds. The molecule has 1 N–H and O–H groups in total. The maximum atomic E-state index is 11.4. The van der Waals surface area contributed by atoms with Crippen LogP contribution in [-0.4, -0.2) is 49.5 Å². The van der Waals surface area contributed by atoms with Crippen molar-refractivity contribution in [2.75, 3.05) is 38.6 Å². The fraction of sp³-hybridized carbons (Fsp3) is 0.692. The Morgan fingerprint density at radius 1 is 1.47 bits per heavy atom. The van der Waals surface area contributed by atoms with Gasteiger partial charge in [0.2, 0.25) is 5.91 Å². The second kappa shape index (κ2) is 8.24. The van der Waals surface area contributed by atoms with Gasteiger partial charge in [-0.1, -0.05) is 0 Å². The van der Waals surface area contributed by atoms with Crippen molar-refractivity contribution in [2.45, 2.75) is 26.8 Å². The van der Waals surface area contributed by atoms with E-state index in [1.807, 2.05) is 12.3 Å². The summed E-state index contributed by atoms with van der Waals surface area (Å²) < 4.78 is 0. The Kier molecular flexibility index (Phi) is 6.97. The van der Waals surface area contributed by atoms with Gasteiger partial charge in [0.15, 0.2) is 5.13 Å². The van der Waals surface area contributed by atoms with E-state index in [0.29, 0.717) is 6.54 Å². The molecular weight excluding hydrogens is 260 g/mol. The van der Waals surface area contributed by atoms with Crippen LogP contribution in [0.25, 0.3) is 0 Å². The van der Waals surface area contributed by atoms with Crippen LogP contribution in [0.15, 0.2) is 5.38 Å². The largest absolute Gasteiger partial charge is 0.311 e. The molecule has 0 unspecified atom stereocenters. The molecule has 1 aromatic heterocycles. The van der Waals surface area contributed by atoms with Crippen LogP contribution < -0.4 is 10.2 Å². The van der Waals surface area contributed by atoms with Crippen molar-refractivity contribution in [3.63, 3.8) is 0 Å². The third-order valence-electron chi connectivity index (χ3n) is 2.73. The molecule has 5 nitrogen and oxygen atoms in total. The van der Waals surface area contributed by atoms with Crippen LogP contribution >= 0.6 is 11.3 Å². The lowest BCUT2D eigenvalue weighted by atomic mass is 10.4. The second-order valence-corrected chi connectivity index (χ2v) is 5.55. The molecule has 1 aromatic rings. The van der Waals surface area contributed by atoms with Crippen molar-refractivity contribution < 1.29 is 4.79 Å². The normalized spacial score (nSPS) is 11.0. The van der Waals surface area contributed by atoms with Crippen LogP contribution in [-0.2, 0) is 11.3 Å². The topological polar surface area (TPSA) is 48.5 Å². The van der Waals surface area contributed by atoms with Crippen LogP contribution in [0.4, 0.5) is 5.13 Å². The van der Waals surface area contributed by atoms with Gasteiger partial charge >= 0.3 is 0 Å². The van der Waals surface area contributed by atoms with Crippen molar-refractivity contribution >= 4 is 22.4 Å². The Balaban J connectivity index is 2.36. The molecule has 6 heteroatoms. The van der Waals surface area contributed by atoms with Crippen molar-refractivity contribution in [1.82, 2.24) is 15.2 Å². The van der Waals surface area contributed by atoms with E-state index in [4.69, 9.17) is 0 Å². The first-order valence-electron chi connectivity index (χ1n) is 6.62. The molecular formula is C13H24N4OS. The van der Waals surface area contributed by atoms with E-state index in [1.165, 1.54) is 11.3 Å². The Hall–Kier alpha value is -0.980. The summed E-state index contributed by atoms with van der Waals surface area (Å²) in [7, 11) is 4.15. The number of anilines is 1. The van der Waals surface area contributed by atoms with E-state index in [-0.39, 0.29) is 5.91 Å². The molecule has 0 aliphatic carbocycles. The van der Waals surface area contributed by atoms with Gasteiger partial charge in [0.1, 0.15) is 0 Å². The van der Waals surface area contributed by atoms with Crippen molar-refractivity contribution in [2.24, 2.45) is 0 Å². The monoisotopic (exact) mass is 284 g/mol. The smallest absolute Gasteiger partial charge is 0.225 e. The van der Waals surface area contributed by atoms with E-state index >= 15 is 0 Å². The van der Waals surface area contributed by atoms with Gasteiger partial charge in [0, 0.05) is 25.4 Å². The number of hydrogen-bond acceptors (Lipinski definition) is 5. The summed E-state index contributed by atoms with van der Waals surface area (Å²) in [6.45, 7) is 7.03. The lowest BCUT2D eigenvalue weighted by Crippen LogP contribution is -2.27. The summed E-state index contributed by atoms with van der Waals surface area (Å²) in [5, 5.41) is 6.18. The van der Waals surface area contributed by atoms with Gasteiger partial charge in [0.25, 0.3) is 0 Å². The zero-order valence-corrected chi connectivity index (χ0v) is 13.1. The average molecular weight is 284 g/mol. The lowest BCUT2D eigenvalue weighted by Gasteiger charge is -2.14. The molecule has 0 aliphatic rings. The maximum absolute atomic E-state index is 11.4. The minimum absolute atomic E-state index is 0.0438. The average Bonchev–Trinajstić information content (AvgIpc) is 2.77. The summed E-state index contributed by atoms with van der Waals surface area (Å²) in [6.07, 6.45) is 1.12. The Morgan fingerprint density at radius 3 is 2.79 bits per heavy atom. The van der Waals surface area contributed by atoms with Gasteiger partial charge in [0.05, 0.1) is 5.69 Å². The highest BCUT2D eigenvalue weighted by Crippen LogP contribution is 2.20. The van der Waals surface area contributed by atoms with Gasteiger partial charge in [-0.2, -0.15) is 0 Å². The Bertz CT molecular complexity index is 392. The Morgan fingerprint density at radius 2 is 2.21 bits per heavy atom. The highest BCUT2D eigenvalue weighted by molar-refractivity contribution is 7.14. The Labute approximate surface area is 119 Å². The van der Waals surface area contributed by atoms with Crippen molar-refractivity contribution in [3.8, 4) is 0 Å². The van der Waals surface area contributed by atoms with E-state index in [0.717, 1.165) is 36.9 Å². The first kappa shape index (κ1) is 16.1. The standard InChI is InChI=1S/C13H24N4OS/c1-5-17(11(2)18)13-15-12(10-19-13)9-14-7-6-8-16(3)4/h10,14H,5-9H2,1-4H3.